The van der Waals surface area contributed by atoms with Crippen molar-refractivity contribution < 1.29 is 13.2 Å². The van der Waals surface area contributed by atoms with Gasteiger partial charge in [0.25, 0.3) is 0 Å². The molecule has 2 aromatic carbocycles. The van der Waals surface area contributed by atoms with Crippen molar-refractivity contribution in [3.63, 3.8) is 0 Å². The van der Waals surface area contributed by atoms with Gasteiger partial charge in [0, 0.05) is 31.1 Å². The van der Waals surface area contributed by atoms with Crippen molar-refractivity contribution in [3.05, 3.63) is 64.7 Å². The molecule has 1 aliphatic heterocycles. The smallest absolute Gasteiger partial charge is 0.243 e. The summed E-state index contributed by atoms with van der Waals surface area (Å²) in [6, 6.07) is 14.5. The molecule has 1 heterocycles. The van der Waals surface area contributed by atoms with E-state index >= 15 is 0 Å². The highest BCUT2D eigenvalue weighted by molar-refractivity contribution is 7.89. The van der Waals surface area contributed by atoms with E-state index in [4.69, 9.17) is 11.6 Å². The van der Waals surface area contributed by atoms with E-state index in [1.165, 1.54) is 4.31 Å². The third-order valence-electron chi connectivity index (χ3n) is 4.92. The van der Waals surface area contributed by atoms with Gasteiger partial charge in [0.05, 0.1) is 4.90 Å². The molecule has 1 aliphatic rings. The van der Waals surface area contributed by atoms with Crippen LogP contribution < -0.4 is 5.32 Å². The van der Waals surface area contributed by atoms with Crippen molar-refractivity contribution in [2.45, 2.75) is 37.0 Å². The Hall–Kier alpha value is -1.89. The van der Waals surface area contributed by atoms with Gasteiger partial charge < -0.3 is 5.32 Å². The van der Waals surface area contributed by atoms with E-state index in [1.807, 2.05) is 24.3 Å². The molecule has 0 bridgehead atoms. The monoisotopic (exact) mass is 420 g/mol. The molecule has 0 saturated carbocycles. The van der Waals surface area contributed by atoms with E-state index in [0.29, 0.717) is 42.4 Å². The average molecular weight is 421 g/mol. The first-order valence-corrected chi connectivity index (χ1v) is 11.4. The Bertz CT molecular complexity index is 890. The number of rotatable bonds is 8. The quantitative estimate of drug-likeness (QED) is 0.711. The Morgan fingerprint density at radius 3 is 2.14 bits per heavy atom. The van der Waals surface area contributed by atoms with Crippen molar-refractivity contribution >= 4 is 27.5 Å². The van der Waals surface area contributed by atoms with E-state index in [-0.39, 0.29) is 5.91 Å². The first-order chi connectivity index (χ1) is 13.4. The Morgan fingerprint density at radius 1 is 0.929 bits per heavy atom. The molecule has 0 radical (unpaired) electrons. The highest BCUT2D eigenvalue weighted by atomic mass is 35.5. The number of sulfonamides is 1. The number of nitrogens with zero attached hydrogens (tertiary/aromatic N) is 1. The number of aryl methyl sites for hydroxylation is 1. The van der Waals surface area contributed by atoms with Crippen molar-refractivity contribution in [1.82, 2.24) is 9.62 Å². The summed E-state index contributed by atoms with van der Waals surface area (Å²) in [6.45, 7) is 1.77. The largest absolute Gasteiger partial charge is 0.356 e. The lowest BCUT2D eigenvalue weighted by atomic mass is 10.1. The second-order valence-corrected chi connectivity index (χ2v) is 9.36. The van der Waals surface area contributed by atoms with Crippen molar-refractivity contribution in [2.24, 2.45) is 0 Å². The summed E-state index contributed by atoms with van der Waals surface area (Å²) >= 11 is 5.86. The number of hydrogen-bond acceptors (Lipinski definition) is 3. The number of nitrogens with one attached hydrogen (secondary N) is 1. The molecule has 5 nitrogen and oxygen atoms in total. The summed E-state index contributed by atoms with van der Waals surface area (Å²) in [5.74, 6) is -0.0114. The number of amides is 1. The lowest BCUT2D eigenvalue weighted by Crippen LogP contribution is -2.27. The van der Waals surface area contributed by atoms with Crippen LogP contribution in [0.1, 0.15) is 30.4 Å². The van der Waals surface area contributed by atoms with Crippen LogP contribution in [0.3, 0.4) is 0 Å². The zero-order valence-electron chi connectivity index (χ0n) is 15.7. The molecule has 2 aromatic rings. The summed E-state index contributed by atoms with van der Waals surface area (Å²) < 4.78 is 26.6. The molecule has 1 N–H and O–H groups in total. The summed E-state index contributed by atoms with van der Waals surface area (Å²) in [5, 5.41) is 3.62. The van der Waals surface area contributed by atoms with E-state index in [1.54, 1.807) is 24.3 Å². The van der Waals surface area contributed by atoms with E-state index in [9.17, 15) is 13.2 Å². The van der Waals surface area contributed by atoms with Crippen molar-refractivity contribution in [2.75, 3.05) is 19.6 Å². The molecule has 1 fully saturated rings. The molecule has 150 valence electrons. The predicted octanol–water partition coefficient (Wildman–Crippen LogP) is 3.42. The molecular formula is C21H25ClN2O3S. The summed E-state index contributed by atoms with van der Waals surface area (Å²) in [7, 11) is -3.38. The van der Waals surface area contributed by atoms with Gasteiger partial charge in [-0.15, -0.1) is 0 Å². The van der Waals surface area contributed by atoms with Crippen LogP contribution >= 0.6 is 11.6 Å². The van der Waals surface area contributed by atoms with Gasteiger partial charge in [-0.05, 0) is 61.1 Å². The SMILES string of the molecule is O=C(CCc1ccc(S(=O)(=O)N2CCCC2)cc1)NCCc1ccc(Cl)cc1. The number of carbonyl (C=O) groups excluding carboxylic acids is 1. The molecule has 0 aromatic heterocycles. The van der Waals surface area contributed by atoms with Crippen LogP contribution in [0.4, 0.5) is 0 Å². The molecule has 1 amide bonds. The Morgan fingerprint density at radius 2 is 1.50 bits per heavy atom. The fourth-order valence-corrected chi connectivity index (χ4v) is 4.89. The van der Waals surface area contributed by atoms with Gasteiger partial charge >= 0.3 is 0 Å². The average Bonchev–Trinajstić information content (AvgIpc) is 3.24. The van der Waals surface area contributed by atoms with Gasteiger partial charge in [-0.1, -0.05) is 35.9 Å². The molecule has 0 aliphatic carbocycles. The minimum Gasteiger partial charge on any atom is -0.356 e. The standard InChI is InChI=1S/C21H25ClN2O3S/c22-19-8-3-18(4-9-19)13-14-23-21(25)12-7-17-5-10-20(11-6-17)28(26,27)24-15-1-2-16-24/h3-6,8-11H,1-2,7,12-16H2,(H,23,25). The van der Waals surface area contributed by atoms with Crippen LogP contribution in [0.25, 0.3) is 0 Å². The normalized spacial score (nSPS) is 14.9. The number of halogens is 1. The lowest BCUT2D eigenvalue weighted by Gasteiger charge is -2.15. The third-order valence-corrected chi connectivity index (χ3v) is 7.08. The maximum absolute atomic E-state index is 12.5. The maximum atomic E-state index is 12.5. The second kappa shape index (κ2) is 9.54. The van der Waals surface area contributed by atoms with Gasteiger partial charge in [-0.25, -0.2) is 8.42 Å². The van der Waals surface area contributed by atoms with Crippen molar-refractivity contribution in [1.29, 1.82) is 0 Å². The Labute approximate surface area is 171 Å². The van der Waals surface area contributed by atoms with Crippen LogP contribution in [0, 0.1) is 0 Å². The van der Waals surface area contributed by atoms with Crippen LogP contribution in [0.2, 0.25) is 5.02 Å². The first-order valence-electron chi connectivity index (χ1n) is 9.55. The summed E-state index contributed by atoms with van der Waals surface area (Å²) in [5.41, 5.74) is 2.08. The summed E-state index contributed by atoms with van der Waals surface area (Å²) in [6.07, 6.45) is 3.55. The minimum atomic E-state index is -3.38. The van der Waals surface area contributed by atoms with Gasteiger partial charge in [-0.2, -0.15) is 4.31 Å². The highest BCUT2D eigenvalue weighted by Crippen LogP contribution is 2.21. The molecule has 3 rings (SSSR count). The fraction of sp³-hybridized carbons (Fsp3) is 0.381. The van der Waals surface area contributed by atoms with Crippen LogP contribution in [0.15, 0.2) is 53.4 Å². The maximum Gasteiger partial charge on any atom is 0.243 e. The molecule has 0 unspecified atom stereocenters. The van der Waals surface area contributed by atoms with Gasteiger partial charge in [0.15, 0.2) is 0 Å². The van der Waals surface area contributed by atoms with Gasteiger partial charge in [-0.3, -0.25) is 4.79 Å². The fourth-order valence-electron chi connectivity index (χ4n) is 3.25. The lowest BCUT2D eigenvalue weighted by molar-refractivity contribution is -0.121. The molecule has 0 atom stereocenters. The van der Waals surface area contributed by atoms with Gasteiger partial charge in [0.2, 0.25) is 15.9 Å². The van der Waals surface area contributed by atoms with Crippen LogP contribution in [0.5, 0.6) is 0 Å². The Kier molecular flexibility index (Phi) is 7.10. The Balaban J connectivity index is 1.44. The van der Waals surface area contributed by atoms with E-state index in [2.05, 4.69) is 5.32 Å². The molecule has 0 spiro atoms. The first kappa shape index (κ1) is 20.8. The third kappa shape index (κ3) is 5.56. The minimum absolute atomic E-state index is 0.0114. The molecule has 1 saturated heterocycles. The zero-order valence-corrected chi connectivity index (χ0v) is 17.3. The predicted molar refractivity (Wildman–Crippen MR) is 111 cm³/mol. The topological polar surface area (TPSA) is 66.5 Å². The number of carbonyl (C=O) groups is 1. The van der Waals surface area contributed by atoms with E-state index < -0.39 is 10.0 Å². The number of hydrogen-bond donors (Lipinski definition) is 1. The van der Waals surface area contributed by atoms with E-state index in [0.717, 1.165) is 30.4 Å². The van der Waals surface area contributed by atoms with Crippen LogP contribution in [-0.2, 0) is 27.7 Å². The zero-order chi connectivity index (χ0) is 20.0. The molecule has 28 heavy (non-hydrogen) atoms. The highest BCUT2D eigenvalue weighted by Gasteiger charge is 2.26. The van der Waals surface area contributed by atoms with Gasteiger partial charge in [0.1, 0.15) is 0 Å². The van der Waals surface area contributed by atoms with Crippen molar-refractivity contribution in [3.8, 4) is 0 Å². The number of benzene rings is 2. The molecule has 7 heteroatoms. The summed E-state index contributed by atoms with van der Waals surface area (Å²) in [4.78, 5) is 12.4. The van der Waals surface area contributed by atoms with Crippen LogP contribution in [-0.4, -0.2) is 38.3 Å². The molecular weight excluding hydrogens is 396 g/mol. The second-order valence-electron chi connectivity index (χ2n) is 6.98.